The maximum atomic E-state index is 12.5. The second-order valence-corrected chi connectivity index (χ2v) is 5.55. The van der Waals surface area contributed by atoms with Crippen molar-refractivity contribution in [3.63, 3.8) is 0 Å². The van der Waals surface area contributed by atoms with E-state index in [4.69, 9.17) is 44.7 Å². The molecule has 0 unspecified atom stereocenters. The lowest BCUT2D eigenvalue weighted by Crippen LogP contribution is -2.15. The Morgan fingerprint density at radius 1 is 1.32 bits per heavy atom. The van der Waals surface area contributed by atoms with Gasteiger partial charge in [-0.25, -0.2) is 4.79 Å². The molecule has 7 heteroatoms. The molecule has 0 atom stereocenters. The number of halogens is 2. The molecule has 5 nitrogen and oxygen atoms in total. The first-order chi connectivity index (χ1) is 13.8. The number of hydrogen-bond acceptors (Lipinski definition) is 4. The summed E-state index contributed by atoms with van der Waals surface area (Å²) in [7, 11) is 0. The van der Waals surface area contributed by atoms with Crippen molar-refractivity contribution >= 4 is 23.2 Å². The summed E-state index contributed by atoms with van der Waals surface area (Å²) in [5, 5.41) is 3.60. The number of aromatic nitrogens is 2. The maximum Gasteiger partial charge on any atom is 0.442 e. The third-order valence-electron chi connectivity index (χ3n) is 2.46. The molecule has 0 aliphatic rings. The van der Waals surface area contributed by atoms with Gasteiger partial charge < -0.3 is 9.15 Å². The number of benzene rings is 1. The van der Waals surface area contributed by atoms with Crippen LogP contribution < -0.4 is 10.5 Å². The number of ether oxygens (including phenoxy) is 1. The molecule has 1 heterocycles. The van der Waals surface area contributed by atoms with Crippen molar-refractivity contribution in [3.8, 4) is 11.4 Å². The minimum atomic E-state index is -3.64. The Labute approximate surface area is 151 Å². The van der Waals surface area contributed by atoms with E-state index in [0.29, 0.717) is 4.68 Å². The number of nitrogens with zero attached hydrogens (tertiary/aromatic N) is 2. The first-order valence-electron chi connectivity index (χ1n) is 10.6. The molecule has 0 fully saturated rings. The second kappa shape index (κ2) is 5.97. The van der Waals surface area contributed by atoms with Gasteiger partial charge in [0.1, 0.15) is 5.75 Å². The Balaban J connectivity index is 2.85. The van der Waals surface area contributed by atoms with Crippen LogP contribution in [-0.4, -0.2) is 15.9 Å². The van der Waals surface area contributed by atoms with E-state index in [1.165, 1.54) is 12.1 Å². The van der Waals surface area contributed by atoms with Gasteiger partial charge in [-0.05, 0) is 19.9 Å². The third kappa shape index (κ3) is 3.47. The molecule has 0 N–H and O–H groups in total. The average Bonchev–Trinajstić information content (AvgIpc) is 2.86. The van der Waals surface area contributed by atoms with Crippen LogP contribution in [-0.2, 0) is 5.41 Å². The molecule has 120 valence electrons. The van der Waals surface area contributed by atoms with E-state index in [1.807, 2.05) is 0 Å². The predicted molar refractivity (Wildman–Crippen MR) is 86.6 cm³/mol. The van der Waals surface area contributed by atoms with Crippen molar-refractivity contribution < 1.29 is 21.5 Å². The van der Waals surface area contributed by atoms with Crippen LogP contribution in [0, 0.1) is 0 Å². The van der Waals surface area contributed by atoms with Gasteiger partial charge in [0.25, 0.3) is 0 Å². The summed E-state index contributed by atoms with van der Waals surface area (Å²) in [6.45, 7) is -7.51. The lowest BCUT2D eigenvalue weighted by Gasteiger charge is -2.13. The van der Waals surface area contributed by atoms with Crippen molar-refractivity contribution in [2.75, 3.05) is 0 Å². The number of rotatable bonds is 3. The highest BCUT2D eigenvalue weighted by atomic mass is 35.5. The fourth-order valence-corrected chi connectivity index (χ4v) is 2.11. The van der Waals surface area contributed by atoms with Gasteiger partial charge in [0.2, 0.25) is 5.89 Å². The molecule has 2 rings (SSSR count). The first kappa shape index (κ1) is 8.41. The lowest BCUT2D eigenvalue weighted by atomic mass is 9.97. The van der Waals surface area contributed by atoms with Crippen LogP contribution in [0.2, 0.25) is 10.0 Å². The summed E-state index contributed by atoms with van der Waals surface area (Å²) in [6.07, 6.45) is -0.314. The standard InChI is InChI=1S/C15H18Cl2N2O3/c1-8(2)21-12-7-11(9(16)6-10(12)17)19-14(20)22-13(18-19)15(3,4)5/h6-8H,1-5H3/i3D3,4D3,5D3. The first-order valence-corrected chi connectivity index (χ1v) is 6.87. The molecule has 0 radical (unpaired) electrons. The maximum absolute atomic E-state index is 12.5. The molecule has 0 saturated heterocycles. The van der Waals surface area contributed by atoms with Gasteiger partial charge in [-0.2, -0.15) is 4.68 Å². The summed E-state index contributed by atoms with van der Waals surface area (Å²) >= 11 is 12.2. The summed E-state index contributed by atoms with van der Waals surface area (Å²) in [4.78, 5) is 12.5. The van der Waals surface area contributed by atoms with Gasteiger partial charge in [0.15, 0.2) is 0 Å². The highest BCUT2D eigenvalue weighted by molar-refractivity contribution is 6.36. The van der Waals surface area contributed by atoms with Crippen LogP contribution in [0.1, 0.15) is 52.6 Å². The summed E-state index contributed by atoms with van der Waals surface area (Å²) in [6, 6.07) is 2.43. The monoisotopic (exact) mass is 353 g/mol. The zero-order chi connectivity index (χ0) is 24.2. The van der Waals surface area contributed by atoms with Gasteiger partial charge in [0.05, 0.1) is 21.8 Å². The van der Waals surface area contributed by atoms with E-state index in [0.717, 1.165) is 0 Å². The Kier molecular flexibility index (Phi) is 2.28. The summed E-state index contributed by atoms with van der Waals surface area (Å²) in [5.74, 6) is -2.55. The fraction of sp³-hybridized carbons (Fsp3) is 0.467. The van der Waals surface area contributed by atoms with Crippen LogP contribution in [0.15, 0.2) is 21.3 Å². The van der Waals surface area contributed by atoms with Crippen molar-refractivity contribution in [2.45, 2.75) is 45.9 Å². The van der Waals surface area contributed by atoms with Crippen molar-refractivity contribution in [2.24, 2.45) is 0 Å². The molecular weight excluding hydrogens is 327 g/mol. The highest BCUT2D eigenvalue weighted by Gasteiger charge is 2.24. The molecule has 22 heavy (non-hydrogen) atoms. The third-order valence-corrected chi connectivity index (χ3v) is 3.06. The number of hydrogen-bond donors (Lipinski definition) is 0. The van der Waals surface area contributed by atoms with Gasteiger partial charge >= 0.3 is 5.76 Å². The molecule has 0 bridgehead atoms. The zero-order valence-electron chi connectivity index (χ0n) is 20.6. The molecule has 0 aliphatic heterocycles. The van der Waals surface area contributed by atoms with Crippen molar-refractivity contribution in [3.05, 3.63) is 38.6 Å². The van der Waals surface area contributed by atoms with Gasteiger partial charge in [-0.3, -0.25) is 0 Å². The molecule has 0 spiro atoms. The van der Waals surface area contributed by atoms with Crippen LogP contribution >= 0.6 is 23.2 Å². The van der Waals surface area contributed by atoms with Crippen LogP contribution in [0.25, 0.3) is 5.69 Å². The van der Waals surface area contributed by atoms with E-state index < -0.39 is 37.6 Å². The average molecular weight is 354 g/mol. The Hall–Kier alpha value is -1.46. The molecule has 0 amide bonds. The minimum absolute atomic E-state index is 0.0982. The molecule has 0 aliphatic carbocycles. The Morgan fingerprint density at radius 2 is 2.00 bits per heavy atom. The van der Waals surface area contributed by atoms with Crippen LogP contribution in [0.3, 0.4) is 0 Å². The molecule has 0 saturated carbocycles. The Bertz CT molecular complexity index is 987. The second-order valence-electron chi connectivity index (χ2n) is 4.74. The van der Waals surface area contributed by atoms with Crippen LogP contribution in [0.5, 0.6) is 5.75 Å². The molecular formula is C15H18Cl2N2O3. The largest absolute Gasteiger partial charge is 0.489 e. The van der Waals surface area contributed by atoms with Gasteiger partial charge in [-0.15, -0.1) is 5.10 Å². The fourth-order valence-electron chi connectivity index (χ4n) is 1.61. The Morgan fingerprint density at radius 3 is 2.59 bits per heavy atom. The van der Waals surface area contributed by atoms with Gasteiger partial charge in [0, 0.05) is 23.8 Å². The smallest absolute Gasteiger partial charge is 0.442 e. The summed E-state index contributed by atoms with van der Waals surface area (Å²) < 4.78 is 80.0. The molecule has 1 aromatic carbocycles. The van der Waals surface area contributed by atoms with Crippen LogP contribution in [0.4, 0.5) is 0 Å². The van der Waals surface area contributed by atoms with E-state index in [9.17, 15) is 4.79 Å². The van der Waals surface area contributed by atoms with Crippen molar-refractivity contribution in [1.82, 2.24) is 9.78 Å². The van der Waals surface area contributed by atoms with Crippen molar-refractivity contribution in [1.29, 1.82) is 0 Å². The molecule has 2 aromatic rings. The summed E-state index contributed by atoms with van der Waals surface area (Å²) in [5.41, 5.74) is -3.76. The lowest BCUT2D eigenvalue weighted by molar-refractivity contribution is 0.242. The van der Waals surface area contributed by atoms with Gasteiger partial charge in [-0.1, -0.05) is 43.8 Å². The van der Waals surface area contributed by atoms with E-state index in [2.05, 4.69) is 5.10 Å². The van der Waals surface area contributed by atoms with E-state index in [1.54, 1.807) is 13.8 Å². The van der Waals surface area contributed by atoms with E-state index >= 15 is 0 Å². The topological polar surface area (TPSA) is 57.3 Å². The highest BCUT2D eigenvalue weighted by Crippen LogP contribution is 2.33. The predicted octanol–water partition coefficient (Wildman–Crippen LogP) is 4.22. The van der Waals surface area contributed by atoms with E-state index in [-0.39, 0.29) is 27.6 Å². The normalized spacial score (nSPS) is 19.8. The minimum Gasteiger partial charge on any atom is -0.489 e. The zero-order valence-corrected chi connectivity index (χ0v) is 13.1. The quantitative estimate of drug-likeness (QED) is 0.828. The molecule has 1 aromatic heterocycles. The SMILES string of the molecule is [2H]C([2H])([2H])C(c1nn(-c2cc(OC(C)C)c(Cl)cc2Cl)c(=O)o1)(C([2H])([2H])[2H])C([2H])([2H])[2H].